The minimum absolute atomic E-state index is 0.0789. The van der Waals surface area contributed by atoms with Crippen molar-refractivity contribution in [3.8, 4) is 5.75 Å². The van der Waals surface area contributed by atoms with Crippen molar-refractivity contribution < 1.29 is 19.1 Å². The second-order valence-corrected chi connectivity index (χ2v) is 10.0. The number of imide groups is 1. The molecule has 2 aromatic rings. The van der Waals surface area contributed by atoms with Crippen LogP contribution < -0.4 is 10.1 Å². The van der Waals surface area contributed by atoms with Gasteiger partial charge in [-0.05, 0) is 52.4 Å². The summed E-state index contributed by atoms with van der Waals surface area (Å²) in [6.45, 7) is 7.06. The fourth-order valence-electron chi connectivity index (χ4n) is 2.90. The molecule has 1 fully saturated rings. The van der Waals surface area contributed by atoms with E-state index in [-0.39, 0.29) is 48.6 Å². The molecule has 0 aliphatic carbocycles. The van der Waals surface area contributed by atoms with E-state index >= 15 is 0 Å². The smallest absolute Gasteiger partial charge is 0.293 e. The van der Waals surface area contributed by atoms with Crippen molar-refractivity contribution in [2.75, 3.05) is 19.7 Å². The van der Waals surface area contributed by atoms with Gasteiger partial charge < -0.3 is 10.1 Å². The first-order valence-electron chi connectivity index (χ1n) is 10.0. The highest BCUT2D eigenvalue weighted by molar-refractivity contribution is 8.18. The van der Waals surface area contributed by atoms with Crippen molar-refractivity contribution in [1.82, 2.24) is 10.2 Å². The lowest BCUT2D eigenvalue weighted by atomic mass is 9.87. The molecule has 1 aliphatic rings. The monoisotopic (exact) mass is 458 g/mol. The lowest BCUT2D eigenvalue weighted by molar-refractivity contribution is -0.124. The predicted molar refractivity (Wildman–Crippen MR) is 125 cm³/mol. The Balaban J connectivity index is 1.38. The number of amides is 3. The van der Waals surface area contributed by atoms with E-state index in [1.165, 1.54) is 16.9 Å². The number of nitrogens with one attached hydrogen (secondary N) is 1. The molecular weight excluding hydrogens is 432 g/mol. The molecule has 1 saturated heterocycles. The highest BCUT2D eigenvalue weighted by Crippen LogP contribution is 2.32. The topological polar surface area (TPSA) is 75.7 Å². The van der Waals surface area contributed by atoms with Crippen molar-refractivity contribution >= 4 is 46.2 Å². The maximum absolute atomic E-state index is 12.4. The summed E-state index contributed by atoms with van der Waals surface area (Å²) < 4.78 is 5.63. The Labute approximate surface area is 190 Å². The number of carbonyl (C=O) groups is 3. The van der Waals surface area contributed by atoms with Crippen LogP contribution in [0.5, 0.6) is 5.75 Å². The average Bonchev–Trinajstić information content (AvgIpc) is 3.31. The summed E-state index contributed by atoms with van der Waals surface area (Å²) in [5, 5.41) is 4.33. The molecule has 2 heterocycles. The van der Waals surface area contributed by atoms with Crippen molar-refractivity contribution in [3.05, 3.63) is 57.1 Å². The Morgan fingerprint density at radius 2 is 1.90 bits per heavy atom. The third-order valence-electron chi connectivity index (χ3n) is 4.67. The standard InChI is InChI=1S/C23H26N2O4S2/c1-23(2,3)16-6-8-17(9-7-16)29-13-10-20(26)24-11-12-25-21(27)19(31-22(25)28)15-18-5-4-14-30-18/h4-9,14-15H,10-13H2,1-3H3,(H,24,26). The van der Waals surface area contributed by atoms with Gasteiger partial charge >= 0.3 is 0 Å². The Morgan fingerprint density at radius 3 is 2.55 bits per heavy atom. The van der Waals surface area contributed by atoms with Gasteiger partial charge in [-0.15, -0.1) is 11.3 Å². The summed E-state index contributed by atoms with van der Waals surface area (Å²) in [6.07, 6.45) is 1.92. The molecule has 0 radical (unpaired) electrons. The van der Waals surface area contributed by atoms with E-state index in [1.54, 1.807) is 6.08 Å². The molecule has 6 nitrogen and oxygen atoms in total. The van der Waals surface area contributed by atoms with Gasteiger partial charge in [0.15, 0.2) is 0 Å². The van der Waals surface area contributed by atoms with Crippen LogP contribution in [0.2, 0.25) is 0 Å². The fourth-order valence-corrected chi connectivity index (χ4v) is 4.49. The Kier molecular flexibility index (Phi) is 7.56. The molecule has 0 atom stereocenters. The summed E-state index contributed by atoms with van der Waals surface area (Å²) >= 11 is 2.43. The van der Waals surface area contributed by atoms with Crippen LogP contribution in [0, 0.1) is 0 Å². The van der Waals surface area contributed by atoms with Gasteiger partial charge in [0.1, 0.15) is 5.75 Å². The predicted octanol–water partition coefficient (Wildman–Crippen LogP) is 4.67. The summed E-state index contributed by atoms with van der Waals surface area (Å²) in [6, 6.07) is 11.6. The van der Waals surface area contributed by atoms with Crippen molar-refractivity contribution in [2.45, 2.75) is 32.6 Å². The number of ether oxygens (including phenoxy) is 1. The van der Waals surface area contributed by atoms with E-state index in [9.17, 15) is 14.4 Å². The normalized spacial score (nSPS) is 15.6. The van der Waals surface area contributed by atoms with Crippen LogP contribution in [-0.4, -0.2) is 41.6 Å². The molecule has 0 bridgehead atoms. The molecule has 0 saturated carbocycles. The van der Waals surface area contributed by atoms with Crippen LogP contribution in [0.1, 0.15) is 37.6 Å². The molecular formula is C23H26N2O4S2. The van der Waals surface area contributed by atoms with Gasteiger partial charge in [-0.1, -0.05) is 39.0 Å². The number of nitrogens with zero attached hydrogens (tertiary/aromatic N) is 1. The highest BCUT2D eigenvalue weighted by atomic mass is 32.2. The third kappa shape index (κ3) is 6.45. The van der Waals surface area contributed by atoms with E-state index in [0.29, 0.717) is 4.91 Å². The van der Waals surface area contributed by atoms with E-state index in [0.717, 1.165) is 27.3 Å². The average molecular weight is 459 g/mol. The molecule has 3 rings (SSSR count). The van der Waals surface area contributed by atoms with Crippen molar-refractivity contribution in [2.24, 2.45) is 0 Å². The molecule has 1 aromatic heterocycles. The number of thioether (sulfide) groups is 1. The second kappa shape index (κ2) is 10.2. The number of hydrogen-bond donors (Lipinski definition) is 1. The molecule has 0 spiro atoms. The van der Waals surface area contributed by atoms with Gasteiger partial charge in [0.2, 0.25) is 5.91 Å². The van der Waals surface area contributed by atoms with Crippen LogP contribution >= 0.6 is 23.1 Å². The minimum Gasteiger partial charge on any atom is -0.493 e. The number of carbonyl (C=O) groups excluding carboxylic acids is 3. The number of thiophene rings is 1. The Morgan fingerprint density at radius 1 is 1.16 bits per heavy atom. The van der Waals surface area contributed by atoms with E-state index < -0.39 is 0 Å². The first kappa shape index (κ1) is 23.1. The van der Waals surface area contributed by atoms with E-state index in [2.05, 4.69) is 26.1 Å². The second-order valence-electron chi connectivity index (χ2n) is 8.07. The zero-order chi connectivity index (χ0) is 22.4. The van der Waals surface area contributed by atoms with Gasteiger partial charge in [0.05, 0.1) is 17.9 Å². The van der Waals surface area contributed by atoms with Gasteiger partial charge in [-0.3, -0.25) is 19.3 Å². The highest BCUT2D eigenvalue weighted by Gasteiger charge is 2.34. The summed E-state index contributed by atoms with van der Waals surface area (Å²) in [5.41, 5.74) is 1.30. The summed E-state index contributed by atoms with van der Waals surface area (Å²) in [5.74, 6) is 0.211. The fraction of sp³-hybridized carbons (Fsp3) is 0.348. The lowest BCUT2D eigenvalue weighted by Gasteiger charge is -2.19. The maximum atomic E-state index is 12.4. The van der Waals surface area contributed by atoms with Gasteiger partial charge in [-0.2, -0.15) is 0 Å². The Bertz CT molecular complexity index is 960. The molecule has 164 valence electrons. The maximum Gasteiger partial charge on any atom is 0.293 e. The minimum atomic E-state index is -0.320. The van der Waals surface area contributed by atoms with Gasteiger partial charge in [0, 0.05) is 18.0 Å². The summed E-state index contributed by atoms with van der Waals surface area (Å²) in [7, 11) is 0. The zero-order valence-corrected chi connectivity index (χ0v) is 19.5. The number of rotatable bonds is 8. The van der Waals surface area contributed by atoms with Crippen LogP contribution in [0.25, 0.3) is 6.08 Å². The zero-order valence-electron chi connectivity index (χ0n) is 17.8. The quantitative estimate of drug-likeness (QED) is 0.582. The molecule has 1 N–H and O–H groups in total. The van der Waals surface area contributed by atoms with Crippen LogP contribution in [0.15, 0.2) is 46.7 Å². The molecule has 31 heavy (non-hydrogen) atoms. The molecule has 0 unspecified atom stereocenters. The number of benzene rings is 1. The number of hydrogen-bond acceptors (Lipinski definition) is 6. The van der Waals surface area contributed by atoms with Gasteiger partial charge in [-0.25, -0.2) is 0 Å². The SMILES string of the molecule is CC(C)(C)c1ccc(OCCC(=O)NCCN2C(=O)SC(=Cc3cccs3)C2=O)cc1. The first-order chi connectivity index (χ1) is 14.7. The van der Waals surface area contributed by atoms with E-state index in [4.69, 9.17) is 4.74 Å². The first-order valence-corrected chi connectivity index (χ1v) is 11.7. The van der Waals surface area contributed by atoms with Crippen LogP contribution in [-0.2, 0) is 15.0 Å². The van der Waals surface area contributed by atoms with Gasteiger partial charge in [0.25, 0.3) is 11.1 Å². The lowest BCUT2D eigenvalue weighted by Crippen LogP contribution is -2.37. The van der Waals surface area contributed by atoms with Crippen molar-refractivity contribution in [3.63, 3.8) is 0 Å². The van der Waals surface area contributed by atoms with Crippen molar-refractivity contribution in [1.29, 1.82) is 0 Å². The largest absolute Gasteiger partial charge is 0.493 e. The molecule has 3 amide bonds. The Hall–Kier alpha value is -2.58. The third-order valence-corrected chi connectivity index (χ3v) is 6.39. The summed E-state index contributed by atoms with van der Waals surface area (Å²) in [4.78, 5) is 39.1. The van der Waals surface area contributed by atoms with Crippen LogP contribution in [0.4, 0.5) is 4.79 Å². The van der Waals surface area contributed by atoms with Crippen LogP contribution in [0.3, 0.4) is 0 Å². The molecule has 1 aromatic carbocycles. The van der Waals surface area contributed by atoms with E-state index in [1.807, 2.05) is 41.8 Å². The molecule has 1 aliphatic heterocycles. The molecule has 8 heteroatoms.